The minimum absolute atomic E-state index is 0.137. The molecule has 13 rings (SSSR count). The fraction of sp³-hybridized carbons (Fsp3) is 0.486. The van der Waals surface area contributed by atoms with Crippen molar-refractivity contribution in [3.05, 3.63) is 174 Å². The molecule has 4 fully saturated rings. The maximum Gasteiger partial charge on any atom is 0.498 e. The number of ether oxygens (including phenoxy) is 5. The first-order valence-electron chi connectivity index (χ1n) is 34.4. The Hall–Kier alpha value is -6.24. The molecule has 1 saturated heterocycles. The van der Waals surface area contributed by atoms with E-state index in [2.05, 4.69) is 147 Å². The lowest BCUT2D eigenvalue weighted by Crippen LogP contribution is -2.41. The molecule has 1 aliphatic heterocycles. The molecule has 2 N–H and O–H groups in total. The van der Waals surface area contributed by atoms with Crippen molar-refractivity contribution >= 4 is 111 Å². The van der Waals surface area contributed by atoms with Gasteiger partial charge < -0.3 is 43.1 Å². The van der Waals surface area contributed by atoms with E-state index in [0.29, 0.717) is 93.4 Å². The molecule has 34 heteroatoms. The number of methoxy groups -OCH3 is 3. The third-order valence-corrected chi connectivity index (χ3v) is 17.9. The number of rotatable bonds is 15. The first-order chi connectivity index (χ1) is 50.4. The van der Waals surface area contributed by atoms with E-state index in [1.54, 1.807) is 94.1 Å². The number of hydrogen-bond acceptors (Lipinski definition) is 22. The van der Waals surface area contributed by atoms with Crippen LogP contribution in [-0.4, -0.2) is 139 Å². The van der Waals surface area contributed by atoms with Crippen LogP contribution in [-0.2, 0) is 28.0 Å². The lowest BCUT2D eigenvalue weighted by molar-refractivity contribution is 0.00578. The van der Waals surface area contributed by atoms with E-state index in [0.717, 1.165) is 79.1 Å². The normalized spacial score (nSPS) is 17.4. The van der Waals surface area contributed by atoms with Crippen LogP contribution >= 0.6 is 98.3 Å². The second-order valence-electron chi connectivity index (χ2n) is 23.7. The first kappa shape index (κ1) is 94.0. The van der Waals surface area contributed by atoms with Crippen LogP contribution in [0.3, 0.4) is 0 Å². The number of aromatic nitrogens is 15. The molecule has 3 unspecified atom stereocenters. The number of aryl methyl sites for hydroxylation is 6. The number of aliphatic hydroxyl groups excluding tert-OH is 1. The number of aromatic amines is 1. The Balaban J connectivity index is 0.000000330. The number of aliphatic hydroxyl groups is 1. The average molecular weight is 1760 g/mol. The summed E-state index contributed by atoms with van der Waals surface area (Å²) < 4.78 is 53.9. The van der Waals surface area contributed by atoms with Crippen molar-refractivity contribution in [3.8, 4) is 40.1 Å². The van der Waals surface area contributed by atoms with Gasteiger partial charge in [0.25, 0.3) is 5.56 Å². The molecule has 10 heterocycles. The van der Waals surface area contributed by atoms with E-state index in [1.165, 1.54) is 6.20 Å². The molecule has 0 aromatic carbocycles. The van der Waals surface area contributed by atoms with Gasteiger partial charge in [0, 0.05) is 122 Å². The highest BCUT2D eigenvalue weighted by molar-refractivity contribution is 9.11. The summed E-state index contributed by atoms with van der Waals surface area (Å²) in [5.74, 6) is 9.02. The molecule has 0 spiro atoms. The predicted molar refractivity (Wildman–Crippen MR) is 433 cm³/mol. The summed E-state index contributed by atoms with van der Waals surface area (Å²) >= 11 is 29.1. The quantitative estimate of drug-likeness (QED) is 0.0547. The van der Waals surface area contributed by atoms with Gasteiger partial charge in [-0.2, -0.15) is 20.2 Å². The minimum atomic E-state index is -3.22. The Morgan fingerprint density at radius 3 is 1.32 bits per heavy atom. The zero-order valence-electron chi connectivity index (χ0n) is 64.1. The fourth-order valence-electron chi connectivity index (χ4n) is 9.26. The third-order valence-electron chi connectivity index (χ3n) is 15.7. The van der Waals surface area contributed by atoms with Crippen molar-refractivity contribution < 1.29 is 42.7 Å². The predicted octanol–water partition coefficient (Wildman–Crippen LogP) is 17.8. The van der Waals surface area contributed by atoms with Gasteiger partial charge in [0.2, 0.25) is 11.8 Å². The van der Waals surface area contributed by atoms with Crippen molar-refractivity contribution in [2.24, 2.45) is 31.8 Å². The van der Waals surface area contributed by atoms with Crippen molar-refractivity contribution in [2.45, 2.75) is 159 Å². The van der Waals surface area contributed by atoms with Crippen molar-refractivity contribution in [2.75, 3.05) is 41.2 Å². The number of nitrogens with one attached hydrogen (secondary N) is 1. The summed E-state index contributed by atoms with van der Waals surface area (Å²) in [6.45, 7) is 32.9. The summed E-state index contributed by atoms with van der Waals surface area (Å²) in [7, 11) is 8.39. The Morgan fingerprint density at radius 2 is 0.953 bits per heavy atom. The highest BCUT2D eigenvalue weighted by Gasteiger charge is 2.52. The molecular formula is C72H100BBr3Cl4N15O10P. The van der Waals surface area contributed by atoms with E-state index in [1.807, 2.05) is 160 Å². The Morgan fingerprint density at radius 1 is 0.557 bits per heavy atom. The van der Waals surface area contributed by atoms with Gasteiger partial charge >= 0.3 is 12.3 Å². The summed E-state index contributed by atoms with van der Waals surface area (Å²) in [5, 5.41) is 14.5. The van der Waals surface area contributed by atoms with E-state index in [4.69, 9.17) is 49.7 Å². The summed E-state index contributed by atoms with van der Waals surface area (Å²) in [5.41, 5.74) is 5.34. The lowest BCUT2D eigenvalue weighted by Gasteiger charge is -2.32. The standard InChI is InChI=1S/C19H21N5O2.C15H16BrN3O2.C10H17BN2O2.C10H13NO2.C5H4BrClN2.C5H5BrN2O.4C2H6.Cl3OP/c1-12-20-9-17(14-7-22-24(2)10-14)19(23-12)26-11-13-6-16(13)18-5-4-15(25-3)8-21-18;1-9-17-7-13(16)15(19-9)21-8-10-5-12(10)14-4-3-11(20-2)6-18-14;1-9(2)10(3,4)15-11(14-9)8-6-12-13(5)7-8;1-13-8-2-3-10(11-5-8)9-4-7(9)6-12;1-3-8-2-4(6)5(7)9-3;1-3-7-2-4(6)5(9)8-3;4*1-2;1-5(2,3)4/h4-5,7-10,13,16H,6,11H2,1-3H3;3-4,6-7,10,12H,5,8H2,1-2H3;6-7H,1-5H3;2-3,5,7,9,12H,4,6H2,1H3;2H,1H3;2H,1H3,(H,7,8,9);4*1-2H3;/t13-,16?;10-,12?;;7-,9?;;;;;;;/m11.1......./s1. The van der Waals surface area contributed by atoms with Crippen molar-refractivity contribution in [1.29, 1.82) is 0 Å². The molecule has 9 aromatic rings. The topological polar surface area (TPSA) is 299 Å². The second-order valence-corrected chi connectivity index (χ2v) is 33.3. The van der Waals surface area contributed by atoms with E-state index in [9.17, 15) is 9.36 Å². The van der Waals surface area contributed by atoms with Gasteiger partial charge in [-0.15, -0.1) is 0 Å². The number of pyridine rings is 3. The molecular weight excluding hydrogens is 1660 g/mol. The summed E-state index contributed by atoms with van der Waals surface area (Å²) in [4.78, 5) is 55.2. The minimum Gasteiger partial charge on any atom is -0.495 e. The first-order valence-corrected chi connectivity index (χ1v) is 41.6. The third kappa shape index (κ3) is 32.1. The van der Waals surface area contributed by atoms with Gasteiger partial charge in [-0.05, 0) is 198 Å². The number of halogens is 7. The van der Waals surface area contributed by atoms with Crippen LogP contribution < -0.4 is 34.7 Å². The SMILES string of the molecule is CC.CC.CC.CC.COc1ccc(C2C[C@@H]2CO)nc1.COc1ccc(C2C[C@@H]2COc2nc(C)ncc2-c2cnn(C)c2)nc1.COc1ccc(C2C[C@@H]2COc2nc(C)ncc2Br)nc1.Cc1ncc(Br)c(=O)[nH]1.Cc1ncc(Br)c(Cl)n1.Cn1cc(B2OC(C)(C)C(C)(C)O2)cn1.O=P(Cl)(Cl)Cl. The van der Waals surface area contributed by atoms with Crippen molar-refractivity contribution in [3.63, 3.8) is 0 Å². The molecule has 106 heavy (non-hydrogen) atoms. The van der Waals surface area contributed by atoms with E-state index in [-0.39, 0.29) is 30.5 Å². The van der Waals surface area contributed by atoms with Crippen LogP contribution in [0.1, 0.15) is 160 Å². The largest absolute Gasteiger partial charge is 0.498 e. The average Bonchev–Trinajstić information content (AvgIpc) is 1.61. The smallest absolute Gasteiger partial charge is 0.495 e. The van der Waals surface area contributed by atoms with Crippen LogP contribution in [0.5, 0.6) is 29.0 Å². The molecule has 9 aromatic heterocycles. The highest BCUT2D eigenvalue weighted by atomic mass is 79.9. The molecule has 580 valence electrons. The summed E-state index contributed by atoms with van der Waals surface area (Å²) in [6, 6.07) is 11.8. The second kappa shape index (κ2) is 47.0. The molecule has 3 aliphatic carbocycles. The highest BCUT2D eigenvalue weighted by Crippen LogP contribution is 2.61. The maximum atomic E-state index is 10.7. The Kier molecular flexibility index (Phi) is 41.6. The van der Waals surface area contributed by atoms with Crippen LogP contribution in [0, 0.1) is 45.4 Å². The van der Waals surface area contributed by atoms with Crippen LogP contribution in [0.4, 0.5) is 0 Å². The van der Waals surface area contributed by atoms with E-state index >= 15 is 0 Å². The molecule has 25 nitrogen and oxygen atoms in total. The van der Waals surface area contributed by atoms with Crippen LogP contribution in [0.25, 0.3) is 11.1 Å². The zero-order chi connectivity index (χ0) is 79.6. The van der Waals surface area contributed by atoms with E-state index < -0.39 is 5.20 Å². The number of hydrogen-bond donors (Lipinski definition) is 2. The molecule has 4 aliphatic rings. The molecule has 3 saturated carbocycles. The van der Waals surface area contributed by atoms with Gasteiger partial charge in [0.05, 0.1) is 85.0 Å². The molecule has 0 bridgehead atoms. The molecule has 0 amide bonds. The van der Waals surface area contributed by atoms with Gasteiger partial charge in [0.15, 0.2) is 0 Å². The maximum absolute atomic E-state index is 10.7. The summed E-state index contributed by atoms with van der Waals surface area (Å²) in [6.07, 6.45) is 22.5. The fourth-order valence-corrected chi connectivity index (χ4v) is 10.1. The van der Waals surface area contributed by atoms with Gasteiger partial charge in [0.1, 0.15) is 50.2 Å². The van der Waals surface area contributed by atoms with Gasteiger partial charge in [-0.3, -0.25) is 33.7 Å². The number of H-pyrrole nitrogens is 1. The lowest BCUT2D eigenvalue weighted by atomic mass is 9.82. The van der Waals surface area contributed by atoms with Gasteiger partial charge in [-0.25, -0.2) is 24.9 Å². The van der Waals surface area contributed by atoms with Crippen molar-refractivity contribution in [1.82, 2.24) is 74.4 Å². The zero-order valence-corrected chi connectivity index (χ0v) is 72.8. The van der Waals surface area contributed by atoms with Crippen LogP contribution in [0.2, 0.25) is 5.15 Å². The molecule has 0 radical (unpaired) electrons. The monoisotopic (exact) mass is 1750 g/mol. The Labute approximate surface area is 668 Å². The Bertz CT molecular complexity index is 4130. The van der Waals surface area contributed by atoms with Crippen LogP contribution in [0.15, 0.2) is 123 Å². The van der Waals surface area contributed by atoms with Gasteiger partial charge in [-0.1, -0.05) is 67.0 Å². The molecule has 6 atom stereocenters. The number of nitrogens with zero attached hydrogens (tertiary/aromatic N) is 14.